The van der Waals surface area contributed by atoms with Crippen molar-refractivity contribution in [2.75, 3.05) is 0 Å². The number of nitrogens with one attached hydrogen (secondary N) is 1. The molecule has 19 heavy (non-hydrogen) atoms. The molecule has 0 aliphatic carbocycles. The molecule has 3 N–H and O–H groups in total. The van der Waals surface area contributed by atoms with E-state index < -0.39 is 6.10 Å². The molecule has 0 radical (unpaired) electrons. The highest BCUT2D eigenvalue weighted by Gasteiger charge is 2.18. The Bertz CT molecular complexity index is 447. The summed E-state index contributed by atoms with van der Waals surface area (Å²) in [6.45, 7) is 7.44. The lowest BCUT2D eigenvalue weighted by Crippen LogP contribution is -2.40. The van der Waals surface area contributed by atoms with Crippen molar-refractivity contribution >= 4 is 21.8 Å². The maximum atomic E-state index is 11.8. The van der Waals surface area contributed by atoms with E-state index in [2.05, 4.69) is 21.2 Å². The second kappa shape index (κ2) is 6.91. The van der Waals surface area contributed by atoms with Crippen molar-refractivity contribution < 1.29 is 9.53 Å². The van der Waals surface area contributed by atoms with Gasteiger partial charge in [-0.15, -0.1) is 0 Å². The van der Waals surface area contributed by atoms with Gasteiger partial charge in [-0.05, 0) is 39.8 Å². The standard InChI is InChI=1S/C14H21BrN2O2/c1-8(2)17-14(18)10(4)19-13-7-11(15)5-6-12(13)9(3)16/h5-10H,16H2,1-4H3,(H,17,18)/t9-,10?/m0/s1. The molecule has 0 aromatic heterocycles. The topological polar surface area (TPSA) is 64.3 Å². The molecule has 2 atom stereocenters. The van der Waals surface area contributed by atoms with Crippen LogP contribution in [0.2, 0.25) is 0 Å². The first-order valence-corrected chi connectivity index (χ1v) is 7.12. The zero-order chi connectivity index (χ0) is 14.6. The van der Waals surface area contributed by atoms with Crippen LogP contribution < -0.4 is 15.8 Å². The smallest absolute Gasteiger partial charge is 0.260 e. The van der Waals surface area contributed by atoms with Crippen LogP contribution in [0, 0.1) is 0 Å². The summed E-state index contributed by atoms with van der Waals surface area (Å²) in [6.07, 6.45) is -0.561. The Labute approximate surface area is 122 Å². The second-order valence-corrected chi connectivity index (χ2v) is 5.81. The molecule has 0 spiro atoms. The molecule has 1 rings (SSSR count). The predicted molar refractivity (Wildman–Crippen MR) is 80.1 cm³/mol. The molecule has 1 amide bonds. The molecular weight excluding hydrogens is 308 g/mol. The van der Waals surface area contributed by atoms with Crippen molar-refractivity contribution in [3.63, 3.8) is 0 Å². The van der Waals surface area contributed by atoms with Crippen molar-refractivity contribution in [2.24, 2.45) is 5.73 Å². The van der Waals surface area contributed by atoms with Crippen LogP contribution >= 0.6 is 15.9 Å². The van der Waals surface area contributed by atoms with Gasteiger partial charge in [0.15, 0.2) is 6.10 Å². The fourth-order valence-electron chi connectivity index (χ4n) is 1.63. The zero-order valence-electron chi connectivity index (χ0n) is 11.7. The number of nitrogens with two attached hydrogens (primary N) is 1. The van der Waals surface area contributed by atoms with Gasteiger partial charge in [0.05, 0.1) is 0 Å². The number of ether oxygens (including phenoxy) is 1. The Morgan fingerprint density at radius 1 is 1.32 bits per heavy atom. The molecule has 4 nitrogen and oxygen atoms in total. The Hall–Kier alpha value is -1.07. The van der Waals surface area contributed by atoms with Crippen molar-refractivity contribution in [2.45, 2.75) is 45.9 Å². The van der Waals surface area contributed by atoms with E-state index in [1.54, 1.807) is 6.92 Å². The number of benzene rings is 1. The third-order valence-electron chi connectivity index (χ3n) is 2.57. The maximum Gasteiger partial charge on any atom is 0.260 e. The highest BCUT2D eigenvalue weighted by molar-refractivity contribution is 9.10. The minimum absolute atomic E-state index is 0.0916. The van der Waals surface area contributed by atoms with Gasteiger partial charge in [0.2, 0.25) is 0 Å². The van der Waals surface area contributed by atoms with Gasteiger partial charge in [-0.1, -0.05) is 22.0 Å². The predicted octanol–water partition coefficient (Wildman–Crippen LogP) is 2.76. The van der Waals surface area contributed by atoms with E-state index in [1.165, 1.54) is 0 Å². The van der Waals surface area contributed by atoms with E-state index in [0.717, 1.165) is 10.0 Å². The summed E-state index contributed by atoms with van der Waals surface area (Å²) in [6, 6.07) is 5.58. The van der Waals surface area contributed by atoms with E-state index in [9.17, 15) is 4.79 Å². The van der Waals surface area contributed by atoms with E-state index >= 15 is 0 Å². The van der Waals surface area contributed by atoms with Gasteiger partial charge >= 0.3 is 0 Å². The van der Waals surface area contributed by atoms with Gasteiger partial charge in [0.25, 0.3) is 5.91 Å². The van der Waals surface area contributed by atoms with Crippen molar-refractivity contribution in [3.8, 4) is 5.75 Å². The van der Waals surface area contributed by atoms with Crippen LogP contribution in [-0.4, -0.2) is 18.1 Å². The minimum atomic E-state index is -0.561. The highest BCUT2D eigenvalue weighted by atomic mass is 79.9. The quantitative estimate of drug-likeness (QED) is 0.873. The third-order valence-corrected chi connectivity index (χ3v) is 3.06. The van der Waals surface area contributed by atoms with Crippen LogP contribution in [0.1, 0.15) is 39.3 Å². The van der Waals surface area contributed by atoms with Crippen molar-refractivity contribution in [3.05, 3.63) is 28.2 Å². The van der Waals surface area contributed by atoms with E-state index in [4.69, 9.17) is 10.5 Å². The van der Waals surface area contributed by atoms with Crippen molar-refractivity contribution in [1.29, 1.82) is 0 Å². The molecule has 0 bridgehead atoms. The van der Waals surface area contributed by atoms with Crippen LogP contribution in [-0.2, 0) is 4.79 Å². The zero-order valence-corrected chi connectivity index (χ0v) is 13.3. The summed E-state index contributed by atoms with van der Waals surface area (Å²) in [5.41, 5.74) is 6.78. The number of carbonyl (C=O) groups excluding carboxylic acids is 1. The first kappa shape index (κ1) is 16.0. The first-order chi connectivity index (χ1) is 8.81. The molecule has 0 aliphatic heterocycles. The minimum Gasteiger partial charge on any atom is -0.481 e. The number of amides is 1. The number of halogens is 1. The molecule has 0 saturated carbocycles. The molecule has 0 fully saturated rings. The van der Waals surface area contributed by atoms with Crippen LogP contribution in [0.25, 0.3) is 0 Å². The first-order valence-electron chi connectivity index (χ1n) is 6.33. The molecule has 1 aromatic rings. The van der Waals surface area contributed by atoms with Gasteiger partial charge < -0.3 is 15.8 Å². The summed E-state index contributed by atoms with van der Waals surface area (Å²) >= 11 is 3.39. The van der Waals surface area contributed by atoms with E-state index in [1.807, 2.05) is 39.0 Å². The molecular formula is C14H21BrN2O2. The van der Waals surface area contributed by atoms with E-state index in [0.29, 0.717) is 5.75 Å². The van der Waals surface area contributed by atoms with Crippen LogP contribution in [0.15, 0.2) is 22.7 Å². The number of hydrogen-bond acceptors (Lipinski definition) is 3. The fourth-order valence-corrected chi connectivity index (χ4v) is 1.97. The number of hydrogen-bond donors (Lipinski definition) is 2. The van der Waals surface area contributed by atoms with Crippen LogP contribution in [0.5, 0.6) is 5.75 Å². The van der Waals surface area contributed by atoms with E-state index in [-0.39, 0.29) is 18.0 Å². The number of rotatable bonds is 5. The fraction of sp³-hybridized carbons (Fsp3) is 0.500. The lowest BCUT2D eigenvalue weighted by atomic mass is 10.1. The normalized spacial score (nSPS) is 14.1. The molecule has 1 aromatic carbocycles. The summed E-state index contributed by atoms with van der Waals surface area (Å²) in [7, 11) is 0. The second-order valence-electron chi connectivity index (χ2n) is 4.89. The molecule has 5 heteroatoms. The maximum absolute atomic E-state index is 11.8. The van der Waals surface area contributed by atoms with Crippen molar-refractivity contribution in [1.82, 2.24) is 5.32 Å². The summed E-state index contributed by atoms with van der Waals surface area (Å²) < 4.78 is 6.62. The molecule has 1 unspecified atom stereocenters. The van der Waals surface area contributed by atoms with Gasteiger partial charge in [0, 0.05) is 22.1 Å². The van der Waals surface area contributed by atoms with Gasteiger partial charge in [-0.3, -0.25) is 4.79 Å². The van der Waals surface area contributed by atoms with Gasteiger partial charge in [-0.2, -0.15) is 0 Å². The summed E-state index contributed by atoms with van der Waals surface area (Å²) in [5, 5.41) is 2.82. The Kier molecular flexibility index (Phi) is 5.82. The molecule has 0 saturated heterocycles. The average molecular weight is 329 g/mol. The lowest BCUT2D eigenvalue weighted by Gasteiger charge is -2.20. The lowest BCUT2D eigenvalue weighted by molar-refractivity contribution is -0.127. The monoisotopic (exact) mass is 328 g/mol. The summed E-state index contributed by atoms with van der Waals surface area (Å²) in [5.74, 6) is 0.501. The van der Waals surface area contributed by atoms with Gasteiger partial charge in [0.1, 0.15) is 5.75 Å². The Morgan fingerprint density at radius 2 is 1.95 bits per heavy atom. The average Bonchev–Trinajstić information content (AvgIpc) is 2.27. The molecule has 0 heterocycles. The molecule has 106 valence electrons. The highest BCUT2D eigenvalue weighted by Crippen LogP contribution is 2.28. The number of carbonyl (C=O) groups is 1. The van der Waals surface area contributed by atoms with Crippen LogP contribution in [0.4, 0.5) is 0 Å². The van der Waals surface area contributed by atoms with Crippen LogP contribution in [0.3, 0.4) is 0 Å². The largest absolute Gasteiger partial charge is 0.481 e. The Balaban J connectivity index is 2.86. The third kappa shape index (κ3) is 4.84. The Morgan fingerprint density at radius 3 is 2.47 bits per heavy atom. The summed E-state index contributed by atoms with van der Waals surface area (Å²) in [4.78, 5) is 11.8. The SMILES string of the molecule is CC(C)NC(=O)C(C)Oc1cc(Br)ccc1[C@H](C)N. The van der Waals surface area contributed by atoms with Gasteiger partial charge in [-0.25, -0.2) is 0 Å². The molecule has 0 aliphatic rings.